The summed E-state index contributed by atoms with van der Waals surface area (Å²) in [6.07, 6.45) is -0.000468. The van der Waals surface area contributed by atoms with Crippen LogP contribution in [0.2, 0.25) is 0 Å². The van der Waals surface area contributed by atoms with Crippen LogP contribution in [0.25, 0.3) is 0 Å². The van der Waals surface area contributed by atoms with E-state index in [0.29, 0.717) is 24.0 Å². The van der Waals surface area contributed by atoms with Crippen molar-refractivity contribution in [2.75, 3.05) is 26.7 Å². The number of methoxy groups -OCH3 is 1. The molecule has 1 atom stereocenters. The molecule has 1 heterocycles. The Morgan fingerprint density at radius 1 is 1.80 bits per heavy atom. The highest BCUT2D eigenvalue weighted by molar-refractivity contribution is 8.14. The second-order valence-electron chi connectivity index (χ2n) is 2.76. The fourth-order valence-electron chi connectivity index (χ4n) is 0.990. The molecule has 0 aromatic heterocycles. The molecule has 1 aliphatic rings. The zero-order valence-electron chi connectivity index (χ0n) is 8.69. The summed E-state index contributed by atoms with van der Waals surface area (Å²) in [5, 5.41) is 6.70. The SMILES string of the molecule is CNC(=O)O/N=C1\SCOC1CCOC. The fourth-order valence-corrected chi connectivity index (χ4v) is 1.80. The smallest absolute Gasteiger partial charge is 0.385 e. The first-order valence-corrected chi connectivity index (χ1v) is 5.46. The second-order valence-corrected chi connectivity index (χ2v) is 3.70. The molecule has 0 aromatic rings. The molecule has 1 saturated heterocycles. The van der Waals surface area contributed by atoms with E-state index >= 15 is 0 Å². The minimum absolute atomic E-state index is 0.125. The predicted octanol–water partition coefficient (Wildman–Crippen LogP) is 0.782. The van der Waals surface area contributed by atoms with Crippen LogP contribution in [0.3, 0.4) is 0 Å². The van der Waals surface area contributed by atoms with E-state index in [9.17, 15) is 4.79 Å². The predicted molar refractivity (Wildman–Crippen MR) is 56.8 cm³/mol. The summed E-state index contributed by atoms with van der Waals surface area (Å²) in [4.78, 5) is 15.4. The van der Waals surface area contributed by atoms with Gasteiger partial charge < -0.3 is 14.8 Å². The molecule has 0 aliphatic carbocycles. The van der Waals surface area contributed by atoms with Gasteiger partial charge >= 0.3 is 6.09 Å². The van der Waals surface area contributed by atoms with E-state index < -0.39 is 6.09 Å². The molecule has 1 aliphatic heterocycles. The summed E-state index contributed by atoms with van der Waals surface area (Å²) in [5.41, 5.74) is 0. The zero-order valence-corrected chi connectivity index (χ0v) is 9.50. The van der Waals surface area contributed by atoms with Crippen LogP contribution in [0.15, 0.2) is 5.16 Å². The molecule has 7 heteroatoms. The van der Waals surface area contributed by atoms with Crippen molar-refractivity contribution in [2.45, 2.75) is 12.5 Å². The third-order valence-corrected chi connectivity index (χ3v) is 2.65. The first kappa shape index (κ1) is 12.3. The number of amides is 1. The standard InChI is InChI=1S/C8H14N2O4S/c1-9-8(11)14-10-7-6(3-4-12-2)13-5-15-7/h6H,3-5H2,1-2H3,(H,9,11)/b10-7-. The Labute approximate surface area is 92.3 Å². The van der Waals surface area contributed by atoms with Gasteiger partial charge in [0.05, 0.1) is 5.94 Å². The van der Waals surface area contributed by atoms with Crippen molar-refractivity contribution in [2.24, 2.45) is 5.16 Å². The molecule has 15 heavy (non-hydrogen) atoms. The van der Waals surface area contributed by atoms with Gasteiger partial charge in [-0.1, -0.05) is 16.9 Å². The molecular weight excluding hydrogens is 220 g/mol. The van der Waals surface area contributed by atoms with E-state index in [-0.39, 0.29) is 6.10 Å². The van der Waals surface area contributed by atoms with Gasteiger partial charge in [0.15, 0.2) is 0 Å². The van der Waals surface area contributed by atoms with Crippen molar-refractivity contribution < 1.29 is 19.1 Å². The molecule has 1 fully saturated rings. The van der Waals surface area contributed by atoms with Crippen molar-refractivity contribution in [1.29, 1.82) is 0 Å². The van der Waals surface area contributed by atoms with Crippen LogP contribution < -0.4 is 5.32 Å². The van der Waals surface area contributed by atoms with Crippen molar-refractivity contribution in [3.05, 3.63) is 0 Å². The molecule has 1 rings (SSSR count). The largest absolute Gasteiger partial charge is 0.433 e. The Bertz CT molecular complexity index is 247. The minimum Gasteiger partial charge on any atom is -0.385 e. The second kappa shape index (κ2) is 6.65. The zero-order chi connectivity index (χ0) is 11.1. The molecule has 0 bridgehead atoms. The van der Waals surface area contributed by atoms with Gasteiger partial charge in [0.25, 0.3) is 0 Å². The molecule has 0 spiro atoms. The fraction of sp³-hybridized carbons (Fsp3) is 0.750. The summed E-state index contributed by atoms with van der Waals surface area (Å²) in [7, 11) is 3.10. The Morgan fingerprint density at radius 2 is 2.60 bits per heavy atom. The van der Waals surface area contributed by atoms with E-state index in [1.54, 1.807) is 7.11 Å². The molecular formula is C8H14N2O4S. The monoisotopic (exact) mass is 234 g/mol. The van der Waals surface area contributed by atoms with Gasteiger partial charge in [0, 0.05) is 27.2 Å². The molecule has 0 aromatic carbocycles. The number of oxime groups is 1. The third-order valence-electron chi connectivity index (χ3n) is 1.76. The molecule has 1 unspecified atom stereocenters. The lowest BCUT2D eigenvalue weighted by Gasteiger charge is -2.07. The summed E-state index contributed by atoms with van der Waals surface area (Å²) in [6.45, 7) is 0.588. The summed E-state index contributed by atoms with van der Waals surface area (Å²) in [6, 6.07) is 0. The van der Waals surface area contributed by atoms with Crippen LogP contribution in [0.4, 0.5) is 4.79 Å². The molecule has 1 amide bonds. The van der Waals surface area contributed by atoms with Gasteiger partial charge in [-0.05, 0) is 0 Å². The van der Waals surface area contributed by atoms with Gasteiger partial charge in [0.1, 0.15) is 11.1 Å². The number of hydrogen-bond acceptors (Lipinski definition) is 6. The quantitative estimate of drug-likeness (QED) is 0.575. The average molecular weight is 234 g/mol. The van der Waals surface area contributed by atoms with Gasteiger partial charge in [-0.2, -0.15) is 0 Å². The number of nitrogens with zero attached hydrogens (tertiary/aromatic N) is 1. The lowest BCUT2D eigenvalue weighted by atomic mass is 10.3. The number of rotatable bonds is 4. The van der Waals surface area contributed by atoms with Gasteiger partial charge in [-0.3, -0.25) is 4.84 Å². The van der Waals surface area contributed by atoms with E-state index in [1.807, 2.05) is 0 Å². The van der Waals surface area contributed by atoms with Crippen molar-refractivity contribution >= 4 is 22.9 Å². The normalized spacial score (nSPS) is 23.1. The van der Waals surface area contributed by atoms with Gasteiger partial charge in [-0.15, -0.1) is 0 Å². The molecule has 6 nitrogen and oxygen atoms in total. The van der Waals surface area contributed by atoms with Crippen LogP contribution in [0, 0.1) is 0 Å². The molecule has 86 valence electrons. The summed E-state index contributed by atoms with van der Waals surface area (Å²) < 4.78 is 10.3. The first-order valence-electron chi connectivity index (χ1n) is 4.48. The topological polar surface area (TPSA) is 69.2 Å². The molecule has 0 radical (unpaired) electrons. The first-order chi connectivity index (χ1) is 7.27. The Hall–Kier alpha value is -0.790. The van der Waals surface area contributed by atoms with E-state index in [0.717, 1.165) is 0 Å². The Balaban J connectivity index is 2.41. The van der Waals surface area contributed by atoms with E-state index in [1.165, 1.54) is 18.8 Å². The van der Waals surface area contributed by atoms with Crippen LogP contribution in [0.1, 0.15) is 6.42 Å². The number of nitrogens with one attached hydrogen (secondary N) is 1. The number of ether oxygens (including phenoxy) is 2. The third kappa shape index (κ3) is 4.06. The highest BCUT2D eigenvalue weighted by Crippen LogP contribution is 2.22. The van der Waals surface area contributed by atoms with E-state index in [2.05, 4.69) is 15.3 Å². The average Bonchev–Trinajstić information content (AvgIpc) is 2.70. The summed E-state index contributed by atoms with van der Waals surface area (Å²) >= 11 is 1.42. The maximum atomic E-state index is 10.8. The lowest BCUT2D eigenvalue weighted by molar-refractivity contribution is 0.103. The van der Waals surface area contributed by atoms with Gasteiger partial charge in [-0.25, -0.2) is 4.79 Å². The van der Waals surface area contributed by atoms with Gasteiger partial charge in [0.2, 0.25) is 0 Å². The highest BCUT2D eigenvalue weighted by Gasteiger charge is 2.25. The van der Waals surface area contributed by atoms with Crippen LogP contribution in [0.5, 0.6) is 0 Å². The van der Waals surface area contributed by atoms with Crippen molar-refractivity contribution in [1.82, 2.24) is 5.32 Å². The summed E-state index contributed by atoms with van der Waals surface area (Å²) in [5.74, 6) is 0.532. The molecule has 1 N–H and O–H groups in total. The number of thioether (sulfide) groups is 1. The maximum Gasteiger partial charge on any atom is 0.433 e. The van der Waals surface area contributed by atoms with E-state index in [4.69, 9.17) is 9.47 Å². The Kier molecular flexibility index (Phi) is 5.44. The van der Waals surface area contributed by atoms with Crippen LogP contribution in [-0.2, 0) is 14.3 Å². The van der Waals surface area contributed by atoms with Crippen molar-refractivity contribution in [3.8, 4) is 0 Å². The van der Waals surface area contributed by atoms with Crippen LogP contribution >= 0.6 is 11.8 Å². The maximum absolute atomic E-state index is 10.8. The number of hydrogen-bond donors (Lipinski definition) is 1. The molecule has 0 saturated carbocycles. The van der Waals surface area contributed by atoms with Crippen LogP contribution in [-0.4, -0.2) is 43.9 Å². The minimum atomic E-state index is -0.583. The van der Waals surface area contributed by atoms with Crippen molar-refractivity contribution in [3.63, 3.8) is 0 Å². The number of carbonyl (C=O) groups excluding carboxylic acids is 1. The number of carbonyl (C=O) groups is 1. The Morgan fingerprint density at radius 3 is 3.27 bits per heavy atom. The highest BCUT2D eigenvalue weighted by atomic mass is 32.2. The lowest BCUT2D eigenvalue weighted by Crippen LogP contribution is -2.20.